The van der Waals surface area contributed by atoms with Gasteiger partial charge in [0.05, 0.1) is 11.3 Å². The van der Waals surface area contributed by atoms with Gasteiger partial charge in [-0.25, -0.2) is 0 Å². The van der Waals surface area contributed by atoms with Crippen molar-refractivity contribution in [2.75, 3.05) is 0 Å². The Balaban J connectivity index is 2.61. The third-order valence-electron chi connectivity index (χ3n) is 2.21. The predicted molar refractivity (Wildman–Crippen MR) is 66.1 cm³/mol. The van der Waals surface area contributed by atoms with Gasteiger partial charge in [-0.3, -0.25) is 14.9 Å². The number of aliphatic carboxylic acids is 1. The molecule has 0 aliphatic heterocycles. The van der Waals surface area contributed by atoms with Gasteiger partial charge in [-0.2, -0.15) is 16.2 Å². The number of hydrogen-bond acceptors (Lipinski definition) is 4. The van der Waals surface area contributed by atoms with E-state index in [1.807, 2.05) is 0 Å². The topological polar surface area (TPSA) is 80.4 Å². The molecule has 7 heteroatoms. The number of nitro groups is 1. The number of rotatable bonds is 6. The quantitative estimate of drug-likeness (QED) is 0.636. The molecule has 0 amide bonds. The Hall–Kier alpha value is -1.63. The van der Waals surface area contributed by atoms with Gasteiger partial charge in [0, 0.05) is 17.1 Å². The van der Waals surface area contributed by atoms with Gasteiger partial charge in [0.1, 0.15) is 0 Å². The van der Waals surface area contributed by atoms with Crippen LogP contribution in [0.1, 0.15) is 18.9 Å². The molecule has 1 rings (SSSR count). The minimum Gasteiger partial charge on any atom is -0.481 e. The number of carboxylic acid groups (broad SMARTS) is 1. The number of thioether (sulfide) groups is 1. The van der Waals surface area contributed by atoms with Crippen molar-refractivity contribution in [2.24, 2.45) is 0 Å². The zero-order valence-corrected chi connectivity index (χ0v) is 10.4. The van der Waals surface area contributed by atoms with Crippen LogP contribution in [0.2, 0.25) is 0 Å². The summed E-state index contributed by atoms with van der Waals surface area (Å²) in [4.78, 5) is 20.1. The van der Waals surface area contributed by atoms with Crippen LogP contribution in [0, 0.1) is 15.9 Å². The van der Waals surface area contributed by atoms with Gasteiger partial charge in [0.15, 0.2) is 0 Å². The maximum Gasteiger partial charge on any atom is 0.304 e. The first kappa shape index (κ1) is 14.4. The lowest BCUT2D eigenvalue weighted by molar-refractivity contribution is -0.387. The number of hydrogen-bond donors (Lipinski definition) is 1. The lowest BCUT2D eigenvalue weighted by Gasteiger charge is -2.08. The SMILES string of the molecule is CC(CC(=O)O)SCc1ccc([N+](=O)[O-])c(F)c1. The molecule has 0 spiro atoms. The van der Waals surface area contributed by atoms with Gasteiger partial charge in [0.2, 0.25) is 5.82 Å². The number of carbonyl (C=O) groups is 1. The normalized spacial score (nSPS) is 12.1. The van der Waals surface area contributed by atoms with Crippen LogP contribution in [0.25, 0.3) is 0 Å². The van der Waals surface area contributed by atoms with Crippen molar-refractivity contribution in [3.8, 4) is 0 Å². The number of nitrogens with zero attached hydrogens (tertiary/aromatic N) is 1. The number of halogens is 1. The number of nitro benzene ring substituents is 1. The van der Waals surface area contributed by atoms with Crippen LogP contribution in [0.3, 0.4) is 0 Å². The largest absolute Gasteiger partial charge is 0.481 e. The van der Waals surface area contributed by atoms with E-state index in [-0.39, 0.29) is 11.7 Å². The Bertz CT molecular complexity index is 466. The maximum absolute atomic E-state index is 13.3. The molecular weight excluding hydrogens is 261 g/mol. The Morgan fingerprint density at radius 2 is 2.28 bits per heavy atom. The molecule has 1 atom stereocenters. The molecule has 1 unspecified atom stereocenters. The van der Waals surface area contributed by atoms with E-state index in [1.54, 1.807) is 6.92 Å². The highest BCUT2D eigenvalue weighted by molar-refractivity contribution is 7.99. The summed E-state index contributed by atoms with van der Waals surface area (Å²) < 4.78 is 13.3. The molecule has 0 heterocycles. The molecule has 0 aromatic heterocycles. The van der Waals surface area contributed by atoms with Crippen LogP contribution in [-0.4, -0.2) is 21.2 Å². The van der Waals surface area contributed by atoms with Crippen LogP contribution in [0.15, 0.2) is 18.2 Å². The highest BCUT2D eigenvalue weighted by atomic mass is 32.2. The van der Waals surface area contributed by atoms with Crippen molar-refractivity contribution in [2.45, 2.75) is 24.3 Å². The van der Waals surface area contributed by atoms with E-state index in [9.17, 15) is 19.3 Å². The van der Waals surface area contributed by atoms with Crippen LogP contribution in [0.4, 0.5) is 10.1 Å². The zero-order chi connectivity index (χ0) is 13.7. The van der Waals surface area contributed by atoms with Crippen LogP contribution >= 0.6 is 11.8 Å². The molecule has 0 aliphatic carbocycles. The van der Waals surface area contributed by atoms with Gasteiger partial charge in [0.25, 0.3) is 0 Å². The lowest BCUT2D eigenvalue weighted by Crippen LogP contribution is -2.05. The van der Waals surface area contributed by atoms with Crippen LogP contribution in [0.5, 0.6) is 0 Å². The standard InChI is InChI=1S/C11H12FNO4S/c1-7(4-11(14)15)18-6-8-2-3-10(13(16)17)9(12)5-8/h2-3,5,7H,4,6H2,1H3,(H,14,15). The molecule has 0 bridgehead atoms. The third kappa shape index (κ3) is 4.33. The van der Waals surface area contributed by atoms with Crippen molar-refractivity contribution >= 4 is 23.4 Å². The Morgan fingerprint density at radius 1 is 1.61 bits per heavy atom. The van der Waals surface area contributed by atoms with Crippen molar-refractivity contribution in [3.63, 3.8) is 0 Å². The van der Waals surface area contributed by atoms with Gasteiger partial charge in [-0.15, -0.1) is 0 Å². The van der Waals surface area contributed by atoms with Crippen molar-refractivity contribution in [1.29, 1.82) is 0 Å². The molecule has 0 saturated heterocycles. The smallest absolute Gasteiger partial charge is 0.304 e. The highest BCUT2D eigenvalue weighted by Crippen LogP contribution is 2.23. The summed E-state index contributed by atoms with van der Waals surface area (Å²) in [6, 6.07) is 3.70. The van der Waals surface area contributed by atoms with E-state index >= 15 is 0 Å². The van der Waals surface area contributed by atoms with Crippen molar-refractivity contribution in [1.82, 2.24) is 0 Å². The molecular formula is C11H12FNO4S. The van der Waals surface area contributed by atoms with E-state index in [0.717, 1.165) is 12.1 Å². The average Bonchev–Trinajstić information content (AvgIpc) is 2.25. The number of carboxylic acids is 1. The number of benzene rings is 1. The molecule has 0 saturated carbocycles. The first-order valence-electron chi connectivity index (χ1n) is 5.16. The van der Waals surface area contributed by atoms with Crippen LogP contribution in [-0.2, 0) is 10.5 Å². The van der Waals surface area contributed by atoms with E-state index in [1.165, 1.54) is 17.8 Å². The Kier molecular flexibility index (Phi) is 5.08. The van der Waals surface area contributed by atoms with Gasteiger partial charge in [-0.1, -0.05) is 13.0 Å². The molecule has 5 nitrogen and oxygen atoms in total. The molecule has 1 aromatic rings. The van der Waals surface area contributed by atoms with Crippen molar-refractivity contribution < 1.29 is 19.2 Å². The minimum absolute atomic E-state index is 0.0279. The van der Waals surface area contributed by atoms with Crippen LogP contribution < -0.4 is 0 Å². The molecule has 1 aromatic carbocycles. The van der Waals surface area contributed by atoms with Gasteiger partial charge >= 0.3 is 11.7 Å². The first-order valence-corrected chi connectivity index (χ1v) is 6.21. The second-order valence-electron chi connectivity index (χ2n) is 3.76. The van der Waals surface area contributed by atoms with Crippen molar-refractivity contribution in [3.05, 3.63) is 39.7 Å². The minimum atomic E-state index is -0.884. The summed E-state index contributed by atoms with van der Waals surface area (Å²) >= 11 is 1.36. The maximum atomic E-state index is 13.3. The Labute approximate surface area is 107 Å². The fraction of sp³-hybridized carbons (Fsp3) is 0.364. The molecule has 1 N–H and O–H groups in total. The van der Waals surface area contributed by atoms with E-state index in [2.05, 4.69) is 0 Å². The summed E-state index contributed by atoms with van der Waals surface area (Å²) in [6.45, 7) is 1.76. The highest BCUT2D eigenvalue weighted by Gasteiger charge is 2.14. The average molecular weight is 273 g/mol. The predicted octanol–water partition coefficient (Wildman–Crippen LogP) is 2.83. The Morgan fingerprint density at radius 3 is 2.78 bits per heavy atom. The first-order chi connectivity index (χ1) is 8.40. The second kappa shape index (κ2) is 6.34. The van der Waals surface area contributed by atoms with E-state index < -0.39 is 22.4 Å². The van der Waals surface area contributed by atoms with Gasteiger partial charge < -0.3 is 5.11 Å². The fourth-order valence-electron chi connectivity index (χ4n) is 1.33. The van der Waals surface area contributed by atoms with E-state index in [4.69, 9.17) is 5.11 Å². The summed E-state index contributed by atoms with van der Waals surface area (Å²) in [5.74, 6) is -1.34. The van der Waals surface area contributed by atoms with E-state index in [0.29, 0.717) is 11.3 Å². The summed E-state index contributed by atoms with van der Waals surface area (Å²) in [7, 11) is 0. The summed E-state index contributed by atoms with van der Waals surface area (Å²) in [5.41, 5.74) is 0.0441. The molecule has 0 aliphatic rings. The second-order valence-corrected chi connectivity index (χ2v) is 5.19. The third-order valence-corrected chi connectivity index (χ3v) is 3.44. The molecule has 98 valence electrons. The van der Waals surface area contributed by atoms with Gasteiger partial charge in [-0.05, 0) is 11.6 Å². The summed E-state index contributed by atoms with van der Waals surface area (Å²) in [5, 5.41) is 18.9. The molecule has 0 radical (unpaired) electrons. The molecule has 18 heavy (non-hydrogen) atoms. The zero-order valence-electron chi connectivity index (χ0n) is 9.63. The molecule has 0 fully saturated rings. The monoisotopic (exact) mass is 273 g/mol. The fourth-order valence-corrected chi connectivity index (χ4v) is 2.25. The summed E-state index contributed by atoms with van der Waals surface area (Å²) in [6.07, 6.45) is 0.0279. The lowest BCUT2D eigenvalue weighted by atomic mass is 10.2.